The highest BCUT2D eigenvalue weighted by Gasteiger charge is 2.44. The van der Waals surface area contributed by atoms with Crippen LogP contribution in [0.5, 0.6) is 0 Å². The Morgan fingerprint density at radius 1 is 1.00 bits per heavy atom. The number of rotatable bonds is 7. The standard InChI is InChI=1S/C35H39FN8O4/c1-20(2)33(46)41-14-12-23(13-15-41)29-17-27(30-31(37)38-19-39-44(29)30)22-8-10-25(11-9-22)40-32(45)28-18-42(21(3)4)35(48)43(34(28)47)26-7-5-6-24(36)16-26/h5-11,16-17,19-21,23,28H,12-15,18H2,1-4H3,(H,40,45)(H2,37,38,39). The molecule has 13 heteroatoms. The molecule has 1 unspecified atom stereocenters. The minimum absolute atomic E-state index is 0.0420. The smallest absolute Gasteiger partial charge is 0.331 e. The Hall–Kier alpha value is -5.33. The van der Waals surface area contributed by atoms with Crippen molar-refractivity contribution in [2.75, 3.05) is 35.6 Å². The number of benzene rings is 2. The van der Waals surface area contributed by atoms with Crippen molar-refractivity contribution in [3.05, 3.63) is 72.4 Å². The number of nitrogen functional groups attached to an aromatic ring is 1. The molecule has 2 aromatic carbocycles. The Morgan fingerprint density at radius 2 is 1.71 bits per heavy atom. The maximum Gasteiger partial charge on any atom is 0.331 e. The van der Waals surface area contributed by atoms with E-state index in [1.54, 1.807) is 26.0 Å². The topological polar surface area (TPSA) is 146 Å². The van der Waals surface area contributed by atoms with Crippen LogP contribution in [0.3, 0.4) is 0 Å². The van der Waals surface area contributed by atoms with Crippen LogP contribution in [-0.2, 0) is 14.4 Å². The Kier molecular flexibility index (Phi) is 8.87. The molecule has 250 valence electrons. The fourth-order valence-electron chi connectivity index (χ4n) is 6.54. The van der Waals surface area contributed by atoms with E-state index in [2.05, 4.69) is 21.5 Å². The van der Waals surface area contributed by atoms with Crippen LogP contribution in [0, 0.1) is 17.7 Å². The molecule has 3 N–H and O–H groups in total. The van der Waals surface area contributed by atoms with E-state index in [0.717, 1.165) is 40.6 Å². The fraction of sp³-hybridized carbons (Fsp3) is 0.371. The zero-order valence-electron chi connectivity index (χ0n) is 27.4. The highest BCUT2D eigenvalue weighted by atomic mass is 19.1. The number of nitrogens with zero attached hydrogens (tertiary/aromatic N) is 6. The number of imide groups is 1. The Labute approximate surface area is 277 Å². The normalized spacial score (nSPS) is 17.6. The lowest BCUT2D eigenvalue weighted by molar-refractivity contribution is -0.135. The molecule has 0 aliphatic carbocycles. The quantitative estimate of drug-likeness (QED) is 0.269. The second-order valence-corrected chi connectivity index (χ2v) is 12.9. The number of piperidine rings is 1. The number of aromatic nitrogens is 3. The number of hydrogen-bond donors (Lipinski definition) is 2. The molecule has 0 radical (unpaired) electrons. The van der Waals surface area contributed by atoms with Crippen LogP contribution in [0.15, 0.2) is 60.9 Å². The molecule has 12 nitrogen and oxygen atoms in total. The lowest BCUT2D eigenvalue weighted by atomic mass is 9.92. The van der Waals surface area contributed by atoms with Crippen molar-refractivity contribution in [3.63, 3.8) is 0 Å². The van der Waals surface area contributed by atoms with Crippen LogP contribution < -0.4 is 16.0 Å². The van der Waals surface area contributed by atoms with Crippen molar-refractivity contribution in [2.24, 2.45) is 11.8 Å². The average molecular weight is 655 g/mol. The predicted molar refractivity (Wildman–Crippen MR) is 179 cm³/mol. The number of carbonyl (C=O) groups is 4. The number of hydrogen-bond acceptors (Lipinski definition) is 7. The fourth-order valence-corrected chi connectivity index (χ4v) is 6.54. The molecular weight excluding hydrogens is 615 g/mol. The van der Waals surface area contributed by atoms with Crippen molar-refractivity contribution < 1.29 is 23.6 Å². The summed E-state index contributed by atoms with van der Waals surface area (Å²) < 4.78 is 15.9. The number of fused-ring (bicyclic) bond motifs is 1. The van der Waals surface area contributed by atoms with Gasteiger partial charge in [-0.2, -0.15) is 5.10 Å². The van der Waals surface area contributed by atoms with Crippen LogP contribution >= 0.6 is 0 Å². The SMILES string of the molecule is CC(C)C(=O)N1CCC(c2cc(-c3ccc(NC(=O)C4CN(C(C)C)C(=O)N(c5cccc(F)c5)C4=O)cc3)c3c(N)ncnn23)CC1. The summed E-state index contributed by atoms with van der Waals surface area (Å²) in [5.41, 5.74) is 10.2. The van der Waals surface area contributed by atoms with Gasteiger partial charge in [0.2, 0.25) is 17.7 Å². The van der Waals surface area contributed by atoms with Gasteiger partial charge in [-0.05, 0) is 68.7 Å². The lowest BCUT2D eigenvalue weighted by Crippen LogP contribution is -2.61. The van der Waals surface area contributed by atoms with E-state index in [9.17, 15) is 23.6 Å². The summed E-state index contributed by atoms with van der Waals surface area (Å²) in [5.74, 6) is -2.48. The van der Waals surface area contributed by atoms with Gasteiger partial charge in [-0.3, -0.25) is 14.4 Å². The van der Waals surface area contributed by atoms with E-state index >= 15 is 0 Å². The molecule has 5 amide bonds. The number of halogens is 1. The lowest BCUT2D eigenvalue weighted by Gasteiger charge is -2.39. The molecule has 0 spiro atoms. The molecule has 2 saturated heterocycles. The number of anilines is 3. The Bertz CT molecular complexity index is 1880. The summed E-state index contributed by atoms with van der Waals surface area (Å²) in [4.78, 5) is 61.2. The molecule has 0 bridgehead atoms. The Morgan fingerprint density at radius 3 is 2.35 bits per heavy atom. The molecule has 0 saturated carbocycles. The third-order valence-electron chi connectivity index (χ3n) is 9.13. The zero-order valence-corrected chi connectivity index (χ0v) is 27.4. The van der Waals surface area contributed by atoms with E-state index in [0.29, 0.717) is 30.1 Å². The van der Waals surface area contributed by atoms with Gasteiger partial charge in [0.25, 0.3) is 0 Å². The highest BCUT2D eigenvalue weighted by molar-refractivity contribution is 6.23. The van der Waals surface area contributed by atoms with Gasteiger partial charge in [-0.15, -0.1) is 0 Å². The summed E-state index contributed by atoms with van der Waals surface area (Å²) in [6, 6.07) is 13.5. The molecule has 2 aliphatic heterocycles. The van der Waals surface area contributed by atoms with Gasteiger partial charge in [0.1, 0.15) is 23.6 Å². The maximum atomic E-state index is 14.0. The number of nitrogens with one attached hydrogen (secondary N) is 1. The number of likely N-dealkylation sites (tertiary alicyclic amines) is 1. The summed E-state index contributed by atoms with van der Waals surface area (Å²) in [6.45, 7) is 8.65. The van der Waals surface area contributed by atoms with Crippen molar-refractivity contribution in [1.82, 2.24) is 24.4 Å². The van der Waals surface area contributed by atoms with Crippen molar-refractivity contribution >= 4 is 46.5 Å². The number of urea groups is 1. The molecule has 2 aliphatic rings. The summed E-state index contributed by atoms with van der Waals surface area (Å²) in [7, 11) is 0. The van der Waals surface area contributed by atoms with E-state index < -0.39 is 29.6 Å². The van der Waals surface area contributed by atoms with Crippen LogP contribution in [0.2, 0.25) is 0 Å². The second kappa shape index (κ2) is 13.1. The van der Waals surface area contributed by atoms with Crippen LogP contribution in [0.4, 0.5) is 26.4 Å². The predicted octanol–water partition coefficient (Wildman–Crippen LogP) is 4.91. The second-order valence-electron chi connectivity index (χ2n) is 12.9. The first kappa shape index (κ1) is 32.6. The summed E-state index contributed by atoms with van der Waals surface area (Å²) in [6.07, 6.45) is 3.03. The molecular formula is C35H39FN8O4. The number of nitrogens with two attached hydrogens (primary N) is 1. The third kappa shape index (κ3) is 6.07. The highest BCUT2D eigenvalue weighted by Crippen LogP contribution is 2.37. The van der Waals surface area contributed by atoms with Crippen molar-refractivity contribution in [3.8, 4) is 11.1 Å². The van der Waals surface area contributed by atoms with Crippen LogP contribution in [0.1, 0.15) is 52.1 Å². The first-order chi connectivity index (χ1) is 22.9. The van der Waals surface area contributed by atoms with Gasteiger partial charge in [-0.25, -0.2) is 23.6 Å². The molecule has 2 aromatic heterocycles. The average Bonchev–Trinajstić information content (AvgIpc) is 3.46. The maximum absolute atomic E-state index is 14.0. The van der Waals surface area contributed by atoms with Crippen LogP contribution in [-0.4, -0.2) is 73.8 Å². The molecule has 2 fully saturated rings. The van der Waals surface area contributed by atoms with E-state index in [-0.39, 0.29) is 36.0 Å². The zero-order chi connectivity index (χ0) is 34.3. The molecule has 4 heterocycles. The van der Waals surface area contributed by atoms with Crippen molar-refractivity contribution in [2.45, 2.75) is 52.5 Å². The van der Waals surface area contributed by atoms with Gasteiger partial charge in [0.05, 0.1) is 5.69 Å². The van der Waals surface area contributed by atoms with Gasteiger partial charge < -0.3 is 20.9 Å². The molecule has 4 aromatic rings. The first-order valence-corrected chi connectivity index (χ1v) is 16.2. The van der Waals surface area contributed by atoms with E-state index in [4.69, 9.17) is 5.73 Å². The third-order valence-corrected chi connectivity index (χ3v) is 9.13. The summed E-state index contributed by atoms with van der Waals surface area (Å²) >= 11 is 0. The van der Waals surface area contributed by atoms with E-state index in [1.807, 2.05) is 35.4 Å². The van der Waals surface area contributed by atoms with Gasteiger partial charge in [0.15, 0.2) is 5.82 Å². The minimum atomic E-state index is -1.20. The van der Waals surface area contributed by atoms with Gasteiger partial charge >= 0.3 is 6.03 Å². The Balaban J connectivity index is 1.23. The molecule has 48 heavy (non-hydrogen) atoms. The summed E-state index contributed by atoms with van der Waals surface area (Å²) in [5, 5.41) is 7.34. The van der Waals surface area contributed by atoms with Crippen LogP contribution in [0.25, 0.3) is 16.6 Å². The first-order valence-electron chi connectivity index (χ1n) is 16.2. The van der Waals surface area contributed by atoms with Crippen molar-refractivity contribution in [1.29, 1.82) is 0 Å². The number of carbonyl (C=O) groups excluding carboxylic acids is 4. The largest absolute Gasteiger partial charge is 0.382 e. The minimum Gasteiger partial charge on any atom is -0.382 e. The molecule has 6 rings (SSSR count). The van der Waals surface area contributed by atoms with E-state index in [1.165, 1.54) is 29.4 Å². The number of amides is 5. The van der Waals surface area contributed by atoms with Gasteiger partial charge in [-0.1, -0.05) is 32.0 Å². The van der Waals surface area contributed by atoms with Gasteiger partial charge in [0, 0.05) is 54.5 Å². The monoisotopic (exact) mass is 654 g/mol. The molecule has 1 atom stereocenters.